The van der Waals surface area contributed by atoms with Gasteiger partial charge in [0, 0.05) is 32.4 Å². The van der Waals surface area contributed by atoms with Crippen LogP contribution in [0.4, 0.5) is 0 Å². The van der Waals surface area contributed by atoms with Gasteiger partial charge in [-0.25, -0.2) is 0 Å². The van der Waals surface area contributed by atoms with Crippen LogP contribution in [-0.4, -0.2) is 50.8 Å². The highest BCUT2D eigenvalue weighted by Gasteiger charge is 2.47. The normalized spacial score (nSPS) is 19.9. The number of rotatable bonds is 10. The summed E-state index contributed by atoms with van der Waals surface area (Å²) in [6.45, 7) is 7.80. The van der Waals surface area contributed by atoms with Crippen molar-refractivity contribution in [3.63, 3.8) is 0 Å². The van der Waals surface area contributed by atoms with E-state index in [1.807, 2.05) is 12.1 Å². The molecule has 0 unspecified atom stereocenters. The van der Waals surface area contributed by atoms with E-state index in [4.69, 9.17) is 14.2 Å². The number of fused-ring (bicyclic) bond motifs is 1. The van der Waals surface area contributed by atoms with Gasteiger partial charge in [0.1, 0.15) is 5.60 Å². The van der Waals surface area contributed by atoms with Gasteiger partial charge in [0.05, 0.1) is 14.2 Å². The van der Waals surface area contributed by atoms with Crippen LogP contribution in [0.15, 0.2) is 42.5 Å². The van der Waals surface area contributed by atoms with Crippen LogP contribution >= 0.6 is 0 Å². The zero-order valence-electron chi connectivity index (χ0n) is 21.0. The molecule has 5 nitrogen and oxygen atoms in total. The molecule has 0 radical (unpaired) electrons. The van der Waals surface area contributed by atoms with Crippen molar-refractivity contribution >= 4 is 5.97 Å². The second-order valence-corrected chi connectivity index (χ2v) is 9.57. The summed E-state index contributed by atoms with van der Waals surface area (Å²) in [5, 5.41) is 0. The van der Waals surface area contributed by atoms with E-state index in [9.17, 15) is 4.79 Å². The highest BCUT2D eigenvalue weighted by atomic mass is 16.6. The van der Waals surface area contributed by atoms with Gasteiger partial charge in [-0.05, 0) is 61.1 Å². The Morgan fingerprint density at radius 3 is 2.48 bits per heavy atom. The van der Waals surface area contributed by atoms with Crippen molar-refractivity contribution in [2.75, 3.05) is 34.4 Å². The number of likely N-dealkylation sites (N-methyl/N-ethyl adjacent to an activating group) is 1. The summed E-state index contributed by atoms with van der Waals surface area (Å²) >= 11 is 0. The minimum absolute atomic E-state index is 0.187. The second kappa shape index (κ2) is 11.1. The smallest absolute Gasteiger partial charge is 0.303 e. The van der Waals surface area contributed by atoms with Crippen molar-refractivity contribution in [2.24, 2.45) is 5.92 Å². The Balaban J connectivity index is 1.71. The lowest BCUT2D eigenvalue weighted by Crippen LogP contribution is -2.48. The third-order valence-electron chi connectivity index (χ3n) is 6.93. The molecule has 5 heteroatoms. The Bertz CT molecular complexity index is 941. The summed E-state index contributed by atoms with van der Waals surface area (Å²) in [5.41, 5.74) is 3.47. The molecule has 2 atom stereocenters. The van der Waals surface area contributed by atoms with Crippen molar-refractivity contribution < 1.29 is 19.0 Å². The van der Waals surface area contributed by atoms with Gasteiger partial charge in [-0.2, -0.15) is 0 Å². The molecule has 0 saturated carbocycles. The van der Waals surface area contributed by atoms with Crippen molar-refractivity contribution in [1.29, 1.82) is 0 Å². The van der Waals surface area contributed by atoms with E-state index in [2.05, 4.69) is 56.1 Å². The van der Waals surface area contributed by atoms with Gasteiger partial charge in [0.15, 0.2) is 11.5 Å². The van der Waals surface area contributed by atoms with E-state index >= 15 is 0 Å². The zero-order valence-corrected chi connectivity index (χ0v) is 21.0. The topological polar surface area (TPSA) is 48.0 Å². The Morgan fingerprint density at radius 2 is 1.82 bits per heavy atom. The Morgan fingerprint density at radius 1 is 1.09 bits per heavy atom. The predicted octanol–water partition coefficient (Wildman–Crippen LogP) is 5.26. The van der Waals surface area contributed by atoms with Gasteiger partial charge in [-0.15, -0.1) is 0 Å². The van der Waals surface area contributed by atoms with Gasteiger partial charge < -0.3 is 19.1 Å². The molecule has 0 aromatic heterocycles. The van der Waals surface area contributed by atoms with E-state index < -0.39 is 5.60 Å². The van der Waals surface area contributed by atoms with E-state index in [1.165, 1.54) is 16.7 Å². The van der Waals surface area contributed by atoms with Crippen LogP contribution in [0.3, 0.4) is 0 Å². The monoisotopic (exact) mass is 453 g/mol. The van der Waals surface area contributed by atoms with Gasteiger partial charge in [0.25, 0.3) is 0 Å². The molecule has 3 rings (SSSR count). The Hall–Kier alpha value is -2.53. The average molecular weight is 454 g/mol. The third-order valence-corrected chi connectivity index (χ3v) is 6.93. The first kappa shape index (κ1) is 25.1. The minimum atomic E-state index is -0.466. The Kier molecular flexibility index (Phi) is 8.41. The van der Waals surface area contributed by atoms with E-state index in [0.717, 1.165) is 50.3 Å². The molecule has 2 aromatic carbocycles. The first-order valence-corrected chi connectivity index (χ1v) is 12.0. The van der Waals surface area contributed by atoms with Crippen LogP contribution in [0, 0.1) is 5.92 Å². The molecule has 0 amide bonds. The number of carbonyl (C=O) groups excluding carboxylic acids is 1. The molecule has 0 aliphatic heterocycles. The van der Waals surface area contributed by atoms with E-state index in [0.29, 0.717) is 5.92 Å². The van der Waals surface area contributed by atoms with Gasteiger partial charge in [-0.3, -0.25) is 4.79 Å². The molecule has 180 valence electrons. The number of hydrogen-bond acceptors (Lipinski definition) is 5. The SMILES string of the molecule is COc1ccc(CCN(C)CC[C@@]2(OC(C)=O)CCc3ccccc3[C@@H]2C(C)C)cc1OC. The molecule has 0 fully saturated rings. The molecule has 0 heterocycles. The van der Waals surface area contributed by atoms with E-state index in [-0.39, 0.29) is 11.9 Å². The summed E-state index contributed by atoms with van der Waals surface area (Å²) in [6.07, 6.45) is 3.55. The largest absolute Gasteiger partial charge is 0.493 e. The molecular weight excluding hydrogens is 414 g/mol. The van der Waals surface area contributed by atoms with Crippen LogP contribution < -0.4 is 9.47 Å². The van der Waals surface area contributed by atoms with Crippen LogP contribution in [0.5, 0.6) is 11.5 Å². The third kappa shape index (κ3) is 5.89. The lowest BCUT2D eigenvalue weighted by Gasteiger charge is -2.47. The number of carbonyl (C=O) groups is 1. The lowest BCUT2D eigenvalue weighted by molar-refractivity contribution is -0.164. The number of hydrogen-bond donors (Lipinski definition) is 0. The number of aryl methyl sites for hydroxylation is 1. The standard InChI is InChI=1S/C28H39NO4/c1-20(2)27-24-10-8-7-9-23(24)13-15-28(27,33-21(3)30)16-18-29(4)17-14-22-11-12-25(31-5)26(19-22)32-6/h7-12,19-20,27H,13-18H2,1-6H3/t27-,28-/m0/s1. The number of nitrogens with zero attached hydrogens (tertiary/aromatic N) is 1. The molecule has 0 bridgehead atoms. The fourth-order valence-corrected chi connectivity index (χ4v) is 5.40. The summed E-state index contributed by atoms with van der Waals surface area (Å²) < 4.78 is 17.0. The highest BCUT2D eigenvalue weighted by Crippen LogP contribution is 2.48. The molecule has 0 saturated heterocycles. The lowest BCUT2D eigenvalue weighted by atomic mass is 9.65. The zero-order chi connectivity index (χ0) is 24.0. The number of esters is 1. The maximum Gasteiger partial charge on any atom is 0.303 e. The average Bonchev–Trinajstić information content (AvgIpc) is 2.80. The fraction of sp³-hybridized carbons (Fsp3) is 0.536. The molecular formula is C28H39NO4. The molecule has 0 N–H and O–H groups in total. The molecule has 0 spiro atoms. The summed E-state index contributed by atoms with van der Waals surface area (Å²) in [7, 11) is 5.46. The second-order valence-electron chi connectivity index (χ2n) is 9.57. The van der Waals surface area contributed by atoms with Crippen molar-refractivity contribution in [3.05, 3.63) is 59.2 Å². The maximum atomic E-state index is 12.2. The van der Waals surface area contributed by atoms with Crippen molar-refractivity contribution in [1.82, 2.24) is 4.90 Å². The number of methoxy groups -OCH3 is 2. The minimum Gasteiger partial charge on any atom is -0.493 e. The first-order chi connectivity index (χ1) is 15.8. The molecule has 1 aliphatic rings. The number of benzene rings is 2. The summed E-state index contributed by atoms with van der Waals surface area (Å²) in [5.74, 6) is 1.89. The Labute approximate surface area is 199 Å². The predicted molar refractivity (Wildman–Crippen MR) is 132 cm³/mol. The summed E-state index contributed by atoms with van der Waals surface area (Å²) in [6, 6.07) is 14.7. The maximum absolute atomic E-state index is 12.2. The quantitative estimate of drug-likeness (QED) is 0.460. The van der Waals surface area contributed by atoms with Crippen LogP contribution in [-0.2, 0) is 22.4 Å². The van der Waals surface area contributed by atoms with Crippen LogP contribution in [0.1, 0.15) is 56.2 Å². The van der Waals surface area contributed by atoms with Gasteiger partial charge in [0.2, 0.25) is 0 Å². The molecule has 1 aliphatic carbocycles. The molecule has 2 aromatic rings. The van der Waals surface area contributed by atoms with Crippen LogP contribution in [0.25, 0.3) is 0 Å². The van der Waals surface area contributed by atoms with Crippen LogP contribution in [0.2, 0.25) is 0 Å². The molecule has 33 heavy (non-hydrogen) atoms. The number of ether oxygens (including phenoxy) is 3. The summed E-state index contributed by atoms with van der Waals surface area (Å²) in [4.78, 5) is 14.5. The van der Waals surface area contributed by atoms with Gasteiger partial charge in [-0.1, -0.05) is 44.2 Å². The van der Waals surface area contributed by atoms with Gasteiger partial charge >= 0.3 is 5.97 Å². The fourth-order valence-electron chi connectivity index (χ4n) is 5.40. The van der Waals surface area contributed by atoms with Crippen molar-refractivity contribution in [2.45, 2.75) is 58.0 Å². The van der Waals surface area contributed by atoms with Crippen molar-refractivity contribution in [3.8, 4) is 11.5 Å². The van der Waals surface area contributed by atoms with E-state index in [1.54, 1.807) is 21.1 Å². The highest BCUT2D eigenvalue weighted by molar-refractivity contribution is 5.67. The first-order valence-electron chi connectivity index (χ1n) is 12.0.